The van der Waals surface area contributed by atoms with Crippen LogP contribution in [0.15, 0.2) is 12.2 Å². The molecule has 0 atom stereocenters. The Morgan fingerprint density at radius 2 is 2.14 bits per heavy atom. The van der Waals surface area contributed by atoms with Crippen molar-refractivity contribution in [1.82, 2.24) is 0 Å². The number of rotatable bonds is 0. The highest BCUT2D eigenvalue weighted by molar-refractivity contribution is 6.43. The zero-order valence-electron chi connectivity index (χ0n) is 3.68. The Hall–Kier alpha value is -0.920. The van der Waals surface area contributed by atoms with Gasteiger partial charge in [0.1, 0.15) is 0 Å². The molecule has 0 spiro atoms. The van der Waals surface area contributed by atoms with E-state index in [0.29, 0.717) is 6.42 Å². The molecule has 1 aliphatic rings. The van der Waals surface area contributed by atoms with E-state index in [2.05, 4.69) is 0 Å². The third kappa shape index (κ3) is 0.585. The van der Waals surface area contributed by atoms with Crippen molar-refractivity contribution >= 4 is 11.6 Å². The third-order valence-electron chi connectivity index (χ3n) is 0.847. The van der Waals surface area contributed by atoms with E-state index in [1.54, 1.807) is 6.08 Å². The topological polar surface area (TPSA) is 34.1 Å². The lowest BCUT2D eigenvalue weighted by Crippen LogP contribution is -2.01. The number of allylic oxidation sites excluding steroid dienone is 2. The molecular formula is C5H4O2. The molecule has 0 radical (unpaired) electrons. The maximum absolute atomic E-state index is 10.2. The summed E-state index contributed by atoms with van der Waals surface area (Å²) >= 11 is 0. The Morgan fingerprint density at radius 3 is 2.29 bits per heavy atom. The summed E-state index contributed by atoms with van der Waals surface area (Å²) in [6, 6.07) is 0. The van der Waals surface area contributed by atoms with E-state index in [1.807, 2.05) is 0 Å². The molecule has 0 aliphatic heterocycles. The molecule has 2 heteroatoms. The summed E-state index contributed by atoms with van der Waals surface area (Å²) in [5.74, 6) is -0.653. The second kappa shape index (κ2) is 1.30. The smallest absolute Gasteiger partial charge is 0.221 e. The molecule has 36 valence electrons. The standard InChI is InChI=1S/C5H4O2/c6-4-2-1-3-5(4)7/h1-2H,3H2. The fraction of sp³-hybridized carbons (Fsp3) is 0.200. The second-order valence-corrected chi connectivity index (χ2v) is 1.39. The Kier molecular flexibility index (Phi) is 0.785. The summed E-state index contributed by atoms with van der Waals surface area (Å²) in [4.78, 5) is 20.3. The summed E-state index contributed by atoms with van der Waals surface area (Å²) in [6.07, 6.45) is 3.19. The van der Waals surface area contributed by atoms with Gasteiger partial charge in [-0.2, -0.15) is 0 Å². The van der Waals surface area contributed by atoms with Crippen molar-refractivity contribution in [1.29, 1.82) is 0 Å². The van der Waals surface area contributed by atoms with Gasteiger partial charge in [0.15, 0.2) is 0 Å². The summed E-state index contributed by atoms with van der Waals surface area (Å²) in [5, 5.41) is 0. The van der Waals surface area contributed by atoms with Gasteiger partial charge in [-0.05, 0) is 6.08 Å². The van der Waals surface area contributed by atoms with Gasteiger partial charge in [-0.1, -0.05) is 6.08 Å². The average molecular weight is 96.1 g/mol. The molecule has 0 N–H and O–H groups in total. The molecule has 0 unspecified atom stereocenters. The SMILES string of the molecule is O=C1C=CCC1=O. The zero-order chi connectivity index (χ0) is 5.28. The molecule has 0 amide bonds. The monoisotopic (exact) mass is 96.0 g/mol. The predicted molar refractivity (Wildman–Crippen MR) is 23.8 cm³/mol. The van der Waals surface area contributed by atoms with E-state index >= 15 is 0 Å². The number of carbonyl (C=O) groups excluding carboxylic acids is 2. The summed E-state index contributed by atoms with van der Waals surface area (Å²) in [6.45, 7) is 0. The van der Waals surface area contributed by atoms with Gasteiger partial charge in [-0.15, -0.1) is 0 Å². The van der Waals surface area contributed by atoms with Crippen LogP contribution < -0.4 is 0 Å². The molecule has 0 heterocycles. The van der Waals surface area contributed by atoms with Gasteiger partial charge in [-0.3, -0.25) is 9.59 Å². The van der Waals surface area contributed by atoms with E-state index in [9.17, 15) is 9.59 Å². The fourth-order valence-corrected chi connectivity index (χ4v) is 0.467. The van der Waals surface area contributed by atoms with Crippen LogP contribution in [0.4, 0.5) is 0 Å². The van der Waals surface area contributed by atoms with Gasteiger partial charge in [-0.25, -0.2) is 0 Å². The number of hydrogen-bond acceptors (Lipinski definition) is 2. The highest BCUT2D eigenvalue weighted by Gasteiger charge is 2.12. The van der Waals surface area contributed by atoms with Crippen molar-refractivity contribution in [2.24, 2.45) is 0 Å². The molecule has 2 nitrogen and oxygen atoms in total. The fourth-order valence-electron chi connectivity index (χ4n) is 0.467. The van der Waals surface area contributed by atoms with Crippen molar-refractivity contribution in [3.63, 3.8) is 0 Å². The van der Waals surface area contributed by atoms with E-state index in [4.69, 9.17) is 0 Å². The minimum absolute atomic E-state index is 0.292. The first-order valence-corrected chi connectivity index (χ1v) is 2.04. The van der Waals surface area contributed by atoms with Crippen LogP contribution in [0.5, 0.6) is 0 Å². The lowest BCUT2D eigenvalue weighted by atomic mass is 10.3. The Bertz CT molecular complexity index is 144. The molecule has 0 aromatic rings. The molecule has 0 fully saturated rings. The van der Waals surface area contributed by atoms with Crippen molar-refractivity contribution in [2.75, 3.05) is 0 Å². The van der Waals surface area contributed by atoms with Gasteiger partial charge in [0.2, 0.25) is 11.6 Å². The van der Waals surface area contributed by atoms with Crippen LogP contribution in [0.1, 0.15) is 6.42 Å². The van der Waals surface area contributed by atoms with Crippen LogP contribution >= 0.6 is 0 Å². The maximum Gasteiger partial charge on any atom is 0.221 e. The number of ketones is 2. The lowest BCUT2D eigenvalue weighted by molar-refractivity contribution is -0.132. The van der Waals surface area contributed by atoms with Crippen LogP contribution in [0.3, 0.4) is 0 Å². The van der Waals surface area contributed by atoms with E-state index in [-0.39, 0.29) is 11.6 Å². The molecule has 0 bridgehead atoms. The summed E-state index contributed by atoms with van der Waals surface area (Å²) < 4.78 is 0. The first-order chi connectivity index (χ1) is 3.30. The van der Waals surface area contributed by atoms with Gasteiger partial charge in [0, 0.05) is 6.42 Å². The van der Waals surface area contributed by atoms with Crippen LogP contribution in [0, 0.1) is 0 Å². The first kappa shape index (κ1) is 4.24. The molecule has 0 saturated heterocycles. The summed E-state index contributed by atoms with van der Waals surface area (Å²) in [7, 11) is 0. The van der Waals surface area contributed by atoms with Gasteiger partial charge < -0.3 is 0 Å². The Labute approximate surface area is 40.8 Å². The van der Waals surface area contributed by atoms with Crippen molar-refractivity contribution < 1.29 is 9.59 Å². The largest absolute Gasteiger partial charge is 0.290 e. The Morgan fingerprint density at radius 1 is 1.43 bits per heavy atom. The number of carbonyl (C=O) groups is 2. The van der Waals surface area contributed by atoms with Gasteiger partial charge in [0.25, 0.3) is 0 Å². The van der Waals surface area contributed by atoms with Crippen molar-refractivity contribution in [3.05, 3.63) is 12.2 Å². The highest BCUT2D eigenvalue weighted by atomic mass is 16.2. The Balaban J connectivity index is 2.81. The molecule has 0 aromatic carbocycles. The van der Waals surface area contributed by atoms with Crippen molar-refractivity contribution in [3.8, 4) is 0 Å². The van der Waals surface area contributed by atoms with Crippen molar-refractivity contribution in [2.45, 2.75) is 6.42 Å². The lowest BCUT2D eigenvalue weighted by Gasteiger charge is -1.73. The first-order valence-electron chi connectivity index (χ1n) is 2.04. The predicted octanol–water partition coefficient (Wildman–Crippen LogP) is 0.0845. The van der Waals surface area contributed by atoms with Crippen LogP contribution in [-0.4, -0.2) is 11.6 Å². The quantitative estimate of drug-likeness (QED) is 0.400. The summed E-state index contributed by atoms with van der Waals surface area (Å²) in [5.41, 5.74) is 0. The van der Waals surface area contributed by atoms with Gasteiger partial charge >= 0.3 is 0 Å². The van der Waals surface area contributed by atoms with Gasteiger partial charge in [0.05, 0.1) is 0 Å². The molecule has 0 saturated carbocycles. The zero-order valence-corrected chi connectivity index (χ0v) is 3.68. The minimum Gasteiger partial charge on any atom is -0.290 e. The number of hydrogen-bond donors (Lipinski definition) is 0. The maximum atomic E-state index is 10.2. The molecule has 1 aliphatic carbocycles. The third-order valence-corrected chi connectivity index (χ3v) is 0.847. The van der Waals surface area contributed by atoms with Crippen LogP contribution in [0.2, 0.25) is 0 Å². The van der Waals surface area contributed by atoms with E-state index < -0.39 is 0 Å². The molecular weight excluding hydrogens is 92.1 g/mol. The second-order valence-electron chi connectivity index (χ2n) is 1.39. The molecule has 7 heavy (non-hydrogen) atoms. The molecule has 0 aromatic heterocycles. The van der Waals surface area contributed by atoms with E-state index in [1.165, 1.54) is 6.08 Å². The minimum atomic E-state index is -0.361. The highest BCUT2D eigenvalue weighted by Crippen LogP contribution is 1.97. The molecule has 1 rings (SSSR count). The average Bonchev–Trinajstić information content (AvgIpc) is 1.91. The van der Waals surface area contributed by atoms with Crippen LogP contribution in [0.25, 0.3) is 0 Å². The normalized spacial score (nSPS) is 18.9. The van der Waals surface area contributed by atoms with E-state index in [0.717, 1.165) is 0 Å². The number of Topliss-reactive ketones (excluding diaryl/α,β-unsaturated/α-hetero) is 1. The van der Waals surface area contributed by atoms with Crippen LogP contribution in [-0.2, 0) is 9.59 Å².